The standard InChI is InChI=1S/C25H23ClN4O2/c1-25(2)12-19-22(20(31)13-25)21(16-9-6-10-17(26)11-16)18(14-27)23(28)30(19)29-24(32)15-7-4-3-5-8-15/h3-11,21H,12-13,28H2,1-2H3,(H,29,32). The van der Waals surface area contributed by atoms with Crippen molar-refractivity contribution in [1.29, 1.82) is 5.26 Å². The zero-order chi connectivity index (χ0) is 23.0. The molecular formula is C25H23ClN4O2. The summed E-state index contributed by atoms with van der Waals surface area (Å²) in [6, 6.07) is 18.0. The van der Waals surface area contributed by atoms with Crippen LogP contribution in [0.3, 0.4) is 0 Å². The molecule has 1 amide bonds. The molecule has 32 heavy (non-hydrogen) atoms. The fourth-order valence-electron chi connectivity index (χ4n) is 4.41. The van der Waals surface area contributed by atoms with E-state index in [1.807, 2.05) is 26.0 Å². The van der Waals surface area contributed by atoms with Gasteiger partial charge in [0.2, 0.25) is 0 Å². The number of amides is 1. The number of hydrogen-bond donors (Lipinski definition) is 2. The van der Waals surface area contributed by atoms with Gasteiger partial charge in [-0.2, -0.15) is 5.26 Å². The minimum absolute atomic E-state index is 0.0690. The second kappa shape index (κ2) is 8.18. The molecule has 6 nitrogen and oxygen atoms in total. The Morgan fingerprint density at radius 1 is 1.19 bits per heavy atom. The van der Waals surface area contributed by atoms with Crippen LogP contribution in [0.1, 0.15) is 48.5 Å². The molecule has 0 aromatic heterocycles. The lowest BCUT2D eigenvalue weighted by atomic mass is 9.69. The van der Waals surface area contributed by atoms with Gasteiger partial charge in [-0.05, 0) is 41.7 Å². The molecule has 2 aromatic rings. The molecule has 0 bridgehead atoms. The van der Waals surface area contributed by atoms with E-state index >= 15 is 0 Å². The molecule has 1 unspecified atom stereocenters. The van der Waals surface area contributed by atoms with Crippen molar-refractivity contribution in [2.45, 2.75) is 32.6 Å². The van der Waals surface area contributed by atoms with E-state index in [0.717, 1.165) is 0 Å². The van der Waals surface area contributed by atoms with E-state index in [2.05, 4.69) is 11.5 Å². The minimum Gasteiger partial charge on any atom is -0.383 e. The van der Waals surface area contributed by atoms with Gasteiger partial charge in [-0.15, -0.1) is 0 Å². The van der Waals surface area contributed by atoms with E-state index in [0.29, 0.717) is 40.3 Å². The number of nitrogens with zero attached hydrogens (tertiary/aromatic N) is 2. The number of Topliss-reactive ketones (excluding diaryl/α,β-unsaturated/α-hetero) is 1. The maximum Gasteiger partial charge on any atom is 0.270 e. The molecule has 162 valence electrons. The Labute approximate surface area is 191 Å². The molecule has 1 heterocycles. The number of hydrazine groups is 1. The van der Waals surface area contributed by atoms with Gasteiger partial charge in [0.25, 0.3) is 5.91 Å². The summed E-state index contributed by atoms with van der Waals surface area (Å²) in [6.07, 6.45) is 0.849. The summed E-state index contributed by atoms with van der Waals surface area (Å²) in [5.74, 6) is -0.983. The summed E-state index contributed by atoms with van der Waals surface area (Å²) in [5.41, 5.74) is 11.4. The molecule has 1 aliphatic carbocycles. The zero-order valence-electron chi connectivity index (χ0n) is 17.9. The molecule has 7 heteroatoms. The molecule has 1 aliphatic heterocycles. The normalized spacial score (nSPS) is 20.0. The van der Waals surface area contributed by atoms with Gasteiger partial charge in [0, 0.05) is 22.6 Å². The average Bonchev–Trinajstić information content (AvgIpc) is 2.75. The number of nitrogens with one attached hydrogen (secondary N) is 1. The van der Waals surface area contributed by atoms with E-state index in [1.165, 1.54) is 5.01 Å². The number of nitriles is 1. The van der Waals surface area contributed by atoms with Crippen molar-refractivity contribution in [2.75, 3.05) is 0 Å². The molecule has 3 N–H and O–H groups in total. The smallest absolute Gasteiger partial charge is 0.270 e. The van der Waals surface area contributed by atoms with Crippen LogP contribution in [0, 0.1) is 16.7 Å². The average molecular weight is 447 g/mol. The molecule has 4 rings (SSSR count). The number of hydrogen-bond acceptors (Lipinski definition) is 5. The molecular weight excluding hydrogens is 424 g/mol. The van der Waals surface area contributed by atoms with Crippen LogP contribution >= 0.6 is 11.6 Å². The summed E-state index contributed by atoms with van der Waals surface area (Å²) < 4.78 is 0. The molecule has 1 atom stereocenters. The third kappa shape index (κ3) is 3.88. The van der Waals surface area contributed by atoms with Gasteiger partial charge < -0.3 is 5.73 Å². The lowest BCUT2D eigenvalue weighted by Crippen LogP contribution is -2.49. The summed E-state index contributed by atoms with van der Waals surface area (Å²) in [4.78, 5) is 26.3. The van der Waals surface area contributed by atoms with Gasteiger partial charge in [0.05, 0.1) is 23.3 Å². The van der Waals surface area contributed by atoms with E-state index in [-0.39, 0.29) is 28.5 Å². The summed E-state index contributed by atoms with van der Waals surface area (Å²) >= 11 is 6.21. The quantitative estimate of drug-likeness (QED) is 0.726. The first kappa shape index (κ1) is 21.7. The predicted octanol–water partition coefficient (Wildman–Crippen LogP) is 4.42. The summed E-state index contributed by atoms with van der Waals surface area (Å²) in [5, 5.41) is 11.9. The third-order valence-electron chi connectivity index (χ3n) is 5.81. The first-order chi connectivity index (χ1) is 15.2. The molecule has 0 fully saturated rings. The number of benzene rings is 2. The number of ketones is 1. The van der Waals surface area contributed by atoms with E-state index < -0.39 is 5.92 Å². The Balaban J connectivity index is 1.87. The van der Waals surface area contributed by atoms with Crippen LogP contribution in [0.4, 0.5) is 0 Å². The van der Waals surface area contributed by atoms with Crippen LogP contribution in [0.2, 0.25) is 5.02 Å². The van der Waals surface area contributed by atoms with Gasteiger partial charge in [0.15, 0.2) is 5.78 Å². The molecule has 0 saturated heterocycles. The molecule has 0 radical (unpaired) electrons. The van der Waals surface area contributed by atoms with Crippen LogP contribution in [0.5, 0.6) is 0 Å². The van der Waals surface area contributed by atoms with Gasteiger partial charge in [-0.25, -0.2) is 5.01 Å². The molecule has 0 saturated carbocycles. The highest BCUT2D eigenvalue weighted by molar-refractivity contribution is 6.30. The van der Waals surface area contributed by atoms with E-state index in [4.69, 9.17) is 17.3 Å². The number of allylic oxidation sites excluding steroid dienone is 3. The fraction of sp³-hybridized carbons (Fsp3) is 0.240. The van der Waals surface area contributed by atoms with Gasteiger partial charge >= 0.3 is 0 Å². The van der Waals surface area contributed by atoms with Gasteiger partial charge in [-0.3, -0.25) is 15.0 Å². The number of halogens is 1. The van der Waals surface area contributed by atoms with Crippen LogP contribution < -0.4 is 11.2 Å². The predicted molar refractivity (Wildman–Crippen MR) is 122 cm³/mol. The maximum absolute atomic E-state index is 13.4. The molecule has 0 spiro atoms. The van der Waals surface area contributed by atoms with Crippen molar-refractivity contribution in [3.63, 3.8) is 0 Å². The Kier molecular flexibility index (Phi) is 5.53. The first-order valence-corrected chi connectivity index (χ1v) is 10.7. The van der Waals surface area contributed by atoms with Crippen LogP contribution in [-0.2, 0) is 4.79 Å². The van der Waals surface area contributed by atoms with E-state index in [9.17, 15) is 14.9 Å². The largest absolute Gasteiger partial charge is 0.383 e. The van der Waals surface area contributed by atoms with Crippen LogP contribution in [0.15, 0.2) is 77.3 Å². The lowest BCUT2D eigenvalue weighted by molar-refractivity contribution is -0.118. The number of rotatable bonds is 3. The summed E-state index contributed by atoms with van der Waals surface area (Å²) in [7, 11) is 0. The maximum atomic E-state index is 13.4. The Morgan fingerprint density at radius 3 is 2.56 bits per heavy atom. The van der Waals surface area contributed by atoms with Gasteiger partial charge in [-0.1, -0.05) is 55.8 Å². The zero-order valence-corrected chi connectivity index (χ0v) is 18.6. The van der Waals surface area contributed by atoms with Crippen molar-refractivity contribution in [3.05, 3.63) is 93.4 Å². The fourth-order valence-corrected chi connectivity index (χ4v) is 4.61. The van der Waals surface area contributed by atoms with Crippen molar-refractivity contribution >= 4 is 23.3 Å². The number of carbonyl (C=O) groups excluding carboxylic acids is 2. The van der Waals surface area contributed by atoms with Gasteiger partial charge in [0.1, 0.15) is 5.82 Å². The second-order valence-electron chi connectivity index (χ2n) is 8.84. The summed E-state index contributed by atoms with van der Waals surface area (Å²) in [6.45, 7) is 4.00. The van der Waals surface area contributed by atoms with Crippen molar-refractivity contribution in [3.8, 4) is 6.07 Å². The number of nitrogens with two attached hydrogens (primary N) is 1. The van der Waals surface area contributed by atoms with Crippen molar-refractivity contribution < 1.29 is 9.59 Å². The number of carbonyl (C=O) groups is 2. The lowest BCUT2D eigenvalue weighted by Gasteiger charge is -2.43. The highest BCUT2D eigenvalue weighted by atomic mass is 35.5. The highest BCUT2D eigenvalue weighted by Crippen LogP contribution is 2.48. The monoisotopic (exact) mass is 446 g/mol. The minimum atomic E-state index is -0.637. The topological polar surface area (TPSA) is 99.2 Å². The van der Waals surface area contributed by atoms with Crippen LogP contribution in [0.25, 0.3) is 0 Å². The van der Waals surface area contributed by atoms with E-state index in [1.54, 1.807) is 42.5 Å². The Bertz CT molecular complexity index is 1210. The second-order valence-corrected chi connectivity index (χ2v) is 9.28. The first-order valence-electron chi connectivity index (χ1n) is 10.3. The Hall–Kier alpha value is -3.56. The molecule has 2 aromatic carbocycles. The highest BCUT2D eigenvalue weighted by Gasteiger charge is 2.44. The SMILES string of the molecule is CC1(C)CC(=O)C2=C(C1)N(NC(=O)c1ccccc1)C(N)=C(C#N)C2c1cccc(Cl)c1. The van der Waals surface area contributed by atoms with Crippen molar-refractivity contribution in [1.82, 2.24) is 10.4 Å². The van der Waals surface area contributed by atoms with Crippen molar-refractivity contribution in [2.24, 2.45) is 11.1 Å². The Morgan fingerprint density at radius 2 is 1.91 bits per heavy atom. The van der Waals surface area contributed by atoms with Crippen LogP contribution in [-0.4, -0.2) is 16.7 Å². The molecule has 2 aliphatic rings. The third-order valence-corrected chi connectivity index (χ3v) is 6.05.